The van der Waals surface area contributed by atoms with Crippen LogP contribution in [-0.2, 0) is 33.0 Å². The van der Waals surface area contributed by atoms with E-state index in [4.69, 9.17) is 9.47 Å². The number of ether oxygens (including phenoxy) is 2. The highest BCUT2D eigenvalue weighted by atomic mass is 28.4. The number of aliphatic hydroxyl groups excluding tert-OH is 1. The minimum absolute atomic E-state index is 0.115. The van der Waals surface area contributed by atoms with E-state index in [1.807, 2.05) is 61.5 Å². The Morgan fingerprint density at radius 2 is 1.65 bits per heavy atom. The number of benzene rings is 4. The highest BCUT2D eigenvalue weighted by Gasteiger charge is 2.67. The van der Waals surface area contributed by atoms with Crippen LogP contribution >= 0.6 is 0 Å². The lowest BCUT2D eigenvalue weighted by Crippen LogP contribution is -2.45. The third-order valence-corrected chi connectivity index (χ3v) is 12.5. The Bertz CT molecular complexity index is 1870. The summed E-state index contributed by atoms with van der Waals surface area (Å²) in [5.74, 6) is -0.896. The average Bonchev–Trinajstić information content (AvgIpc) is 3.55. The second-order valence-corrected chi connectivity index (χ2v) is 17.6. The monoisotopic (exact) mass is 709 g/mol. The molecule has 0 aliphatic carbocycles. The van der Waals surface area contributed by atoms with Gasteiger partial charge in [-0.2, -0.15) is 0 Å². The maximum absolute atomic E-state index is 16.4. The van der Waals surface area contributed by atoms with Gasteiger partial charge in [0.15, 0.2) is 5.60 Å². The van der Waals surface area contributed by atoms with Crippen molar-refractivity contribution in [3.63, 3.8) is 0 Å². The summed E-state index contributed by atoms with van der Waals surface area (Å²) in [7, 11) is -1.99. The highest BCUT2D eigenvalue weighted by Crippen LogP contribution is 2.60. The van der Waals surface area contributed by atoms with Crippen LogP contribution in [0.3, 0.4) is 0 Å². The quantitative estimate of drug-likeness (QED) is 0.126. The number of methoxy groups -OCH3 is 1. The Balaban J connectivity index is 1.29. The van der Waals surface area contributed by atoms with Crippen molar-refractivity contribution in [2.75, 3.05) is 30.5 Å². The minimum atomic E-state index is -3.53. The molecule has 4 aromatic rings. The van der Waals surface area contributed by atoms with Crippen molar-refractivity contribution < 1.29 is 33.1 Å². The molecular weight excluding hydrogens is 666 g/mol. The van der Waals surface area contributed by atoms with Crippen molar-refractivity contribution in [2.45, 2.75) is 56.8 Å². The van der Waals surface area contributed by atoms with Crippen LogP contribution in [0, 0.1) is 5.92 Å². The lowest BCUT2D eigenvalue weighted by atomic mass is 9.82. The van der Waals surface area contributed by atoms with Gasteiger partial charge in [-0.3, -0.25) is 14.4 Å². The van der Waals surface area contributed by atoms with Gasteiger partial charge in [0.05, 0.1) is 38.5 Å². The molecule has 2 aliphatic rings. The van der Waals surface area contributed by atoms with Crippen LogP contribution < -0.4 is 15.0 Å². The molecule has 11 heteroatoms. The number of amides is 3. The molecule has 2 heterocycles. The van der Waals surface area contributed by atoms with Crippen LogP contribution in [0.5, 0.6) is 5.75 Å². The molecule has 0 bridgehead atoms. The topological polar surface area (TPSA) is 108 Å². The van der Waals surface area contributed by atoms with Gasteiger partial charge in [0.2, 0.25) is 14.3 Å². The molecule has 0 aromatic heterocycles. The number of aliphatic hydroxyl groups is 1. The molecule has 51 heavy (non-hydrogen) atoms. The van der Waals surface area contributed by atoms with E-state index in [0.717, 1.165) is 11.1 Å². The molecule has 4 aromatic carbocycles. The number of hydrogen-bond donors (Lipinski definition) is 2. The van der Waals surface area contributed by atoms with E-state index < -0.39 is 31.6 Å². The number of carbonyl (C=O) groups excluding carboxylic acids is 3. The molecule has 2 N–H and O–H groups in total. The third kappa shape index (κ3) is 7.19. The van der Waals surface area contributed by atoms with Crippen LogP contribution in [0.2, 0.25) is 18.6 Å². The Hall–Kier alpha value is -4.84. The van der Waals surface area contributed by atoms with Gasteiger partial charge >= 0.3 is 0 Å². The van der Waals surface area contributed by atoms with Crippen LogP contribution in [0.1, 0.15) is 40.4 Å². The Morgan fingerprint density at radius 1 is 0.980 bits per heavy atom. The SMILES string of the molecule is COc1ccc2c(c1)[C@@]1(O[C@H](CC(=O)N(CCO)Cc3ccccc3)[C@@H]([Si](C)(C)F)[C@@H]1C)C(=O)N2Cc1ccc(NC(=O)c2ccccc2)cc1. The summed E-state index contributed by atoms with van der Waals surface area (Å²) in [6.07, 6.45) is -1.00. The predicted molar refractivity (Wildman–Crippen MR) is 197 cm³/mol. The van der Waals surface area contributed by atoms with Gasteiger partial charge in [-0.1, -0.05) is 67.6 Å². The van der Waals surface area contributed by atoms with Gasteiger partial charge in [0.25, 0.3) is 11.8 Å². The van der Waals surface area contributed by atoms with Crippen molar-refractivity contribution >= 4 is 37.5 Å². The normalized spacial score (nSPS) is 21.1. The largest absolute Gasteiger partial charge is 0.497 e. The van der Waals surface area contributed by atoms with Gasteiger partial charge in [0, 0.05) is 41.4 Å². The first kappa shape index (κ1) is 36.0. The zero-order chi connectivity index (χ0) is 36.3. The molecule has 1 fully saturated rings. The molecular formula is C40H44FN3O6Si. The highest BCUT2D eigenvalue weighted by molar-refractivity contribution is 6.72. The lowest BCUT2D eigenvalue weighted by Gasteiger charge is -2.31. The molecule has 0 radical (unpaired) electrons. The summed E-state index contributed by atoms with van der Waals surface area (Å²) in [4.78, 5) is 44.6. The van der Waals surface area contributed by atoms with Crippen LogP contribution in [0.15, 0.2) is 103 Å². The summed E-state index contributed by atoms with van der Waals surface area (Å²) >= 11 is 0. The zero-order valence-electron chi connectivity index (χ0n) is 29.3. The van der Waals surface area contributed by atoms with E-state index >= 15 is 4.11 Å². The molecule has 0 unspecified atom stereocenters. The number of anilines is 2. The first-order valence-electron chi connectivity index (χ1n) is 17.2. The first-order chi connectivity index (χ1) is 24.5. The van der Waals surface area contributed by atoms with Gasteiger partial charge in [0.1, 0.15) is 5.75 Å². The first-order valence-corrected chi connectivity index (χ1v) is 20.2. The number of rotatable bonds is 12. The van der Waals surface area contributed by atoms with Crippen molar-refractivity contribution in [2.24, 2.45) is 5.92 Å². The summed E-state index contributed by atoms with van der Waals surface area (Å²) < 4.78 is 28.8. The van der Waals surface area contributed by atoms with Crippen LogP contribution in [-0.4, -0.2) is 62.5 Å². The summed E-state index contributed by atoms with van der Waals surface area (Å²) in [6.45, 7) is 5.44. The Morgan fingerprint density at radius 3 is 2.27 bits per heavy atom. The van der Waals surface area contributed by atoms with Crippen molar-refractivity contribution in [3.8, 4) is 5.75 Å². The van der Waals surface area contributed by atoms with E-state index in [0.29, 0.717) is 28.3 Å². The maximum Gasteiger partial charge on any atom is 0.264 e. The third-order valence-electron chi connectivity index (χ3n) is 10.1. The molecule has 9 nitrogen and oxygen atoms in total. The number of halogens is 1. The van der Waals surface area contributed by atoms with E-state index in [2.05, 4.69) is 5.32 Å². The smallest absolute Gasteiger partial charge is 0.264 e. The Labute approximate surface area is 299 Å². The summed E-state index contributed by atoms with van der Waals surface area (Å²) in [5.41, 5.74) is 1.87. The molecule has 0 saturated carbocycles. The zero-order valence-corrected chi connectivity index (χ0v) is 30.3. The van der Waals surface area contributed by atoms with E-state index in [9.17, 15) is 19.5 Å². The summed E-state index contributed by atoms with van der Waals surface area (Å²) in [5, 5.41) is 12.7. The molecule has 3 amide bonds. The molecule has 4 atom stereocenters. The predicted octanol–water partition coefficient (Wildman–Crippen LogP) is 6.68. The minimum Gasteiger partial charge on any atom is -0.497 e. The Kier molecular flexibility index (Phi) is 10.4. The van der Waals surface area contributed by atoms with Crippen molar-refractivity contribution in [3.05, 3.63) is 125 Å². The molecule has 1 spiro atoms. The number of carbonyl (C=O) groups is 3. The number of hydrogen-bond acceptors (Lipinski definition) is 6. The number of nitrogens with zero attached hydrogens (tertiary/aromatic N) is 2. The fourth-order valence-electron chi connectivity index (χ4n) is 7.70. The summed E-state index contributed by atoms with van der Waals surface area (Å²) in [6, 6.07) is 31.1. The molecule has 2 aliphatic heterocycles. The fourth-order valence-corrected chi connectivity index (χ4v) is 10.2. The van der Waals surface area contributed by atoms with E-state index in [1.54, 1.807) is 78.5 Å². The van der Waals surface area contributed by atoms with E-state index in [-0.39, 0.29) is 50.4 Å². The molecule has 6 rings (SSSR count). The van der Waals surface area contributed by atoms with Gasteiger partial charge in [-0.05, 0) is 66.7 Å². The standard InChI is InChI=1S/C40H44FN3O6Si/c1-27-37(51(3,4)41)35(24-36(46)43(21-22-45)25-28-11-7-5-8-12-28)50-40(27)33-23-32(49-2)19-20-34(33)44(39(40)48)26-29-15-17-31(18-16-29)42-38(47)30-13-9-6-10-14-30/h5-20,23,27,35,37,45H,21-22,24-26H2,1-4H3,(H,42,47)/t27-,35+,37-,40+/m0/s1. The van der Waals surface area contributed by atoms with Crippen molar-refractivity contribution in [1.29, 1.82) is 0 Å². The van der Waals surface area contributed by atoms with Gasteiger partial charge in [-0.25, -0.2) is 0 Å². The lowest BCUT2D eigenvalue weighted by molar-refractivity contribution is -0.150. The van der Waals surface area contributed by atoms with Crippen LogP contribution in [0.4, 0.5) is 15.5 Å². The fraction of sp³-hybridized carbons (Fsp3) is 0.325. The van der Waals surface area contributed by atoms with Gasteiger partial charge < -0.3 is 33.8 Å². The van der Waals surface area contributed by atoms with E-state index in [1.165, 1.54) is 0 Å². The molecule has 266 valence electrons. The van der Waals surface area contributed by atoms with Crippen LogP contribution in [0.25, 0.3) is 0 Å². The van der Waals surface area contributed by atoms with Gasteiger partial charge in [-0.15, -0.1) is 0 Å². The second kappa shape index (κ2) is 14.8. The number of nitrogens with one attached hydrogen (secondary N) is 1. The number of fused-ring (bicyclic) bond motifs is 2. The average molecular weight is 710 g/mol. The maximum atomic E-state index is 16.4. The molecule has 1 saturated heterocycles. The second-order valence-electron chi connectivity index (χ2n) is 13.8. The van der Waals surface area contributed by atoms with Crippen molar-refractivity contribution in [1.82, 2.24) is 4.90 Å².